The molecule has 2 aliphatic carbocycles. The van der Waals surface area contributed by atoms with Crippen LogP contribution in [0.1, 0.15) is 36.0 Å². The SMILES string of the molecule is O=C(NCC1CC2CCC1C2)c1ccc2c(c1)NCCN2. The highest BCUT2D eigenvalue weighted by molar-refractivity contribution is 5.96. The van der Waals surface area contributed by atoms with Crippen molar-refractivity contribution in [3.63, 3.8) is 0 Å². The molecule has 4 heteroatoms. The topological polar surface area (TPSA) is 53.2 Å². The van der Waals surface area contributed by atoms with Gasteiger partial charge in [-0.3, -0.25) is 4.79 Å². The number of anilines is 2. The predicted octanol–water partition coefficient (Wildman–Crippen LogP) is 2.69. The van der Waals surface area contributed by atoms with Crippen LogP contribution in [0.25, 0.3) is 0 Å². The van der Waals surface area contributed by atoms with E-state index in [0.29, 0.717) is 5.92 Å². The van der Waals surface area contributed by atoms with Crippen molar-refractivity contribution in [1.29, 1.82) is 0 Å². The summed E-state index contributed by atoms with van der Waals surface area (Å²) in [4.78, 5) is 12.3. The van der Waals surface area contributed by atoms with E-state index in [0.717, 1.165) is 48.4 Å². The molecule has 1 aliphatic heterocycles. The van der Waals surface area contributed by atoms with Crippen LogP contribution in [0, 0.1) is 17.8 Å². The normalized spacial score (nSPS) is 29.4. The standard InChI is InChI=1S/C17H23N3O/c21-17(20-10-14-8-11-1-2-12(14)7-11)13-3-4-15-16(9-13)19-6-5-18-15/h3-4,9,11-12,14,18-19H,1-2,5-8,10H2,(H,20,21). The summed E-state index contributed by atoms with van der Waals surface area (Å²) in [7, 11) is 0. The molecule has 3 atom stereocenters. The van der Waals surface area contributed by atoms with E-state index in [-0.39, 0.29) is 5.91 Å². The smallest absolute Gasteiger partial charge is 0.251 e. The van der Waals surface area contributed by atoms with Gasteiger partial charge in [-0.05, 0) is 55.2 Å². The molecule has 0 spiro atoms. The van der Waals surface area contributed by atoms with Crippen molar-refractivity contribution in [3.05, 3.63) is 23.8 Å². The molecule has 4 rings (SSSR count). The van der Waals surface area contributed by atoms with Gasteiger partial charge >= 0.3 is 0 Å². The first-order valence-corrected chi connectivity index (χ1v) is 8.19. The zero-order valence-corrected chi connectivity index (χ0v) is 12.3. The summed E-state index contributed by atoms with van der Waals surface area (Å²) < 4.78 is 0. The summed E-state index contributed by atoms with van der Waals surface area (Å²) in [6.07, 6.45) is 5.51. The lowest BCUT2D eigenvalue weighted by Gasteiger charge is -2.22. The fourth-order valence-corrected chi connectivity index (χ4v) is 4.33. The Kier molecular flexibility index (Phi) is 3.24. The number of hydrogen-bond acceptors (Lipinski definition) is 3. The summed E-state index contributed by atoms with van der Waals surface area (Å²) in [6, 6.07) is 5.86. The van der Waals surface area contributed by atoms with Gasteiger partial charge in [0.2, 0.25) is 0 Å². The van der Waals surface area contributed by atoms with Gasteiger partial charge in [0.05, 0.1) is 11.4 Å². The zero-order chi connectivity index (χ0) is 14.2. The molecule has 21 heavy (non-hydrogen) atoms. The van der Waals surface area contributed by atoms with Gasteiger partial charge in [-0.25, -0.2) is 0 Å². The van der Waals surface area contributed by atoms with Gasteiger partial charge in [0.1, 0.15) is 0 Å². The predicted molar refractivity (Wildman–Crippen MR) is 84.7 cm³/mol. The molecular formula is C17H23N3O. The average molecular weight is 285 g/mol. The van der Waals surface area contributed by atoms with Crippen molar-refractivity contribution in [2.45, 2.75) is 25.7 Å². The lowest BCUT2D eigenvalue weighted by atomic mass is 9.89. The molecule has 3 unspecified atom stereocenters. The summed E-state index contributed by atoms with van der Waals surface area (Å²) in [5, 5.41) is 9.81. The number of benzene rings is 1. The first-order valence-electron chi connectivity index (χ1n) is 8.19. The lowest BCUT2D eigenvalue weighted by Crippen LogP contribution is -2.31. The third-order valence-corrected chi connectivity index (χ3v) is 5.45. The van der Waals surface area contributed by atoms with E-state index >= 15 is 0 Å². The maximum Gasteiger partial charge on any atom is 0.251 e. The van der Waals surface area contributed by atoms with Crippen LogP contribution in [0.2, 0.25) is 0 Å². The summed E-state index contributed by atoms with van der Waals surface area (Å²) in [6.45, 7) is 2.69. The Labute approximate surface area is 125 Å². The molecule has 3 N–H and O–H groups in total. The molecule has 1 aromatic rings. The number of amides is 1. The maximum absolute atomic E-state index is 12.3. The molecule has 4 nitrogen and oxygen atoms in total. The Balaban J connectivity index is 1.38. The van der Waals surface area contributed by atoms with Crippen LogP contribution in [0.4, 0.5) is 11.4 Å². The Hall–Kier alpha value is -1.71. The highest BCUT2D eigenvalue weighted by Gasteiger charge is 2.39. The molecule has 1 aromatic carbocycles. The van der Waals surface area contributed by atoms with Crippen molar-refractivity contribution < 1.29 is 4.79 Å². The van der Waals surface area contributed by atoms with Crippen molar-refractivity contribution in [2.24, 2.45) is 17.8 Å². The fraction of sp³-hybridized carbons (Fsp3) is 0.588. The first-order chi connectivity index (χ1) is 10.3. The van der Waals surface area contributed by atoms with Gasteiger partial charge in [0.25, 0.3) is 5.91 Å². The molecule has 1 amide bonds. The third-order valence-electron chi connectivity index (χ3n) is 5.45. The molecular weight excluding hydrogens is 262 g/mol. The Morgan fingerprint density at radius 2 is 2.00 bits per heavy atom. The molecule has 1 heterocycles. The van der Waals surface area contributed by atoms with E-state index in [2.05, 4.69) is 16.0 Å². The number of fused-ring (bicyclic) bond motifs is 3. The van der Waals surface area contributed by atoms with E-state index in [1.54, 1.807) is 0 Å². The second-order valence-corrected chi connectivity index (χ2v) is 6.76. The van der Waals surface area contributed by atoms with Crippen molar-refractivity contribution in [1.82, 2.24) is 5.32 Å². The first kappa shape index (κ1) is 13.0. The highest BCUT2D eigenvalue weighted by Crippen LogP contribution is 2.47. The molecule has 112 valence electrons. The van der Waals surface area contributed by atoms with E-state index < -0.39 is 0 Å². The van der Waals surface area contributed by atoms with Gasteiger partial charge < -0.3 is 16.0 Å². The van der Waals surface area contributed by atoms with Crippen LogP contribution in [-0.2, 0) is 0 Å². The van der Waals surface area contributed by atoms with Gasteiger partial charge in [-0.1, -0.05) is 6.42 Å². The summed E-state index contributed by atoms with van der Waals surface area (Å²) in [5.41, 5.74) is 2.88. The van der Waals surface area contributed by atoms with Crippen LogP contribution in [0.15, 0.2) is 18.2 Å². The van der Waals surface area contributed by atoms with Gasteiger partial charge in [0, 0.05) is 25.2 Å². The Morgan fingerprint density at radius 3 is 2.76 bits per heavy atom. The van der Waals surface area contributed by atoms with Crippen LogP contribution in [0.3, 0.4) is 0 Å². The van der Waals surface area contributed by atoms with E-state index in [1.165, 1.54) is 25.7 Å². The van der Waals surface area contributed by atoms with E-state index in [9.17, 15) is 4.79 Å². The summed E-state index contributed by atoms with van der Waals surface area (Å²) in [5.74, 6) is 2.58. The number of rotatable bonds is 3. The van der Waals surface area contributed by atoms with E-state index in [1.807, 2.05) is 18.2 Å². The highest BCUT2D eigenvalue weighted by atomic mass is 16.1. The zero-order valence-electron chi connectivity index (χ0n) is 12.3. The average Bonchev–Trinajstić information content (AvgIpc) is 3.15. The second-order valence-electron chi connectivity index (χ2n) is 6.76. The minimum atomic E-state index is 0.0629. The number of hydrogen-bond donors (Lipinski definition) is 3. The largest absolute Gasteiger partial charge is 0.382 e. The quantitative estimate of drug-likeness (QED) is 0.800. The lowest BCUT2D eigenvalue weighted by molar-refractivity contribution is 0.0942. The van der Waals surface area contributed by atoms with Gasteiger partial charge in [-0.15, -0.1) is 0 Å². The minimum Gasteiger partial charge on any atom is -0.382 e. The maximum atomic E-state index is 12.3. The monoisotopic (exact) mass is 285 g/mol. The fourth-order valence-electron chi connectivity index (χ4n) is 4.33. The number of carbonyl (C=O) groups excluding carboxylic acids is 1. The second kappa shape index (κ2) is 5.24. The van der Waals surface area contributed by atoms with Crippen LogP contribution < -0.4 is 16.0 Å². The Morgan fingerprint density at radius 1 is 1.14 bits per heavy atom. The van der Waals surface area contributed by atoms with Crippen molar-refractivity contribution >= 4 is 17.3 Å². The van der Waals surface area contributed by atoms with Crippen molar-refractivity contribution in [3.8, 4) is 0 Å². The number of nitrogens with one attached hydrogen (secondary N) is 3. The molecule has 0 radical (unpaired) electrons. The van der Waals surface area contributed by atoms with Crippen LogP contribution in [-0.4, -0.2) is 25.5 Å². The molecule has 0 aromatic heterocycles. The van der Waals surface area contributed by atoms with Crippen LogP contribution >= 0.6 is 0 Å². The molecule has 2 saturated carbocycles. The number of carbonyl (C=O) groups is 1. The Bertz CT molecular complexity index is 557. The van der Waals surface area contributed by atoms with Crippen LogP contribution in [0.5, 0.6) is 0 Å². The van der Waals surface area contributed by atoms with E-state index in [4.69, 9.17) is 0 Å². The van der Waals surface area contributed by atoms with Gasteiger partial charge in [-0.2, -0.15) is 0 Å². The summed E-state index contributed by atoms with van der Waals surface area (Å²) >= 11 is 0. The molecule has 2 fully saturated rings. The van der Waals surface area contributed by atoms with Crippen molar-refractivity contribution in [2.75, 3.05) is 30.3 Å². The molecule has 2 bridgehead atoms. The van der Waals surface area contributed by atoms with Gasteiger partial charge in [0.15, 0.2) is 0 Å². The molecule has 3 aliphatic rings. The molecule has 0 saturated heterocycles. The minimum absolute atomic E-state index is 0.0629. The third kappa shape index (κ3) is 2.47.